The van der Waals surface area contributed by atoms with E-state index in [-0.39, 0.29) is 29.5 Å². The maximum atomic E-state index is 5.27. The molecule has 1 N–H and O–H groups in total. The molecule has 6 nitrogen and oxygen atoms in total. The predicted molar refractivity (Wildman–Crippen MR) is 108 cm³/mol. The fraction of sp³-hybridized carbons (Fsp3) is 0.824. The number of likely N-dealkylation sites (tertiary alicyclic amines) is 1. The molecule has 0 aliphatic carbocycles. The number of aromatic nitrogens is 2. The van der Waals surface area contributed by atoms with Crippen LogP contribution in [-0.2, 0) is 6.42 Å². The van der Waals surface area contributed by atoms with Crippen molar-refractivity contribution in [2.24, 2.45) is 10.4 Å². The molecule has 0 spiro atoms. The molecular formula is C17H32IN5O. The molecule has 1 fully saturated rings. The van der Waals surface area contributed by atoms with Crippen LogP contribution < -0.4 is 5.32 Å². The maximum Gasteiger partial charge on any atom is 0.226 e. The fourth-order valence-electron chi connectivity index (χ4n) is 2.74. The highest BCUT2D eigenvalue weighted by Crippen LogP contribution is 2.46. The van der Waals surface area contributed by atoms with E-state index in [1.807, 2.05) is 7.05 Å². The van der Waals surface area contributed by atoms with Crippen molar-refractivity contribution in [3.63, 3.8) is 0 Å². The van der Waals surface area contributed by atoms with Gasteiger partial charge in [0.25, 0.3) is 0 Å². The Hall–Kier alpha value is -0.860. The number of nitrogens with one attached hydrogen (secondary N) is 1. The van der Waals surface area contributed by atoms with Gasteiger partial charge in [0.1, 0.15) is 0 Å². The number of aryl methyl sites for hydroxylation is 1. The molecule has 0 saturated carbocycles. The van der Waals surface area contributed by atoms with Crippen LogP contribution >= 0.6 is 24.0 Å². The van der Waals surface area contributed by atoms with Crippen LogP contribution in [0, 0.1) is 5.41 Å². The highest BCUT2D eigenvalue weighted by molar-refractivity contribution is 14.0. The van der Waals surface area contributed by atoms with E-state index in [9.17, 15) is 0 Å². The van der Waals surface area contributed by atoms with Crippen molar-refractivity contribution in [2.45, 2.75) is 65.8 Å². The van der Waals surface area contributed by atoms with Crippen LogP contribution in [0.25, 0.3) is 0 Å². The summed E-state index contributed by atoms with van der Waals surface area (Å²) in [5.41, 5.74) is 0.426. The lowest BCUT2D eigenvalue weighted by Gasteiger charge is -2.62. The average Bonchev–Trinajstić information content (AvgIpc) is 2.95. The zero-order valence-electron chi connectivity index (χ0n) is 16.0. The molecular weight excluding hydrogens is 417 g/mol. The van der Waals surface area contributed by atoms with E-state index < -0.39 is 0 Å². The van der Waals surface area contributed by atoms with E-state index in [0.717, 1.165) is 43.6 Å². The molecule has 0 bridgehead atoms. The maximum absolute atomic E-state index is 5.27. The molecule has 1 aliphatic heterocycles. The molecule has 24 heavy (non-hydrogen) atoms. The third kappa shape index (κ3) is 4.21. The number of nitrogens with zero attached hydrogens (tertiary/aromatic N) is 4. The number of guanidine groups is 1. The summed E-state index contributed by atoms with van der Waals surface area (Å²) in [4.78, 5) is 11.2. The third-order valence-corrected chi connectivity index (χ3v) is 5.20. The first-order valence-electron chi connectivity index (χ1n) is 8.50. The lowest BCUT2D eigenvalue weighted by atomic mass is 9.65. The molecule has 2 heterocycles. The van der Waals surface area contributed by atoms with Gasteiger partial charge in [-0.2, -0.15) is 4.98 Å². The van der Waals surface area contributed by atoms with E-state index in [4.69, 9.17) is 4.52 Å². The Morgan fingerprint density at radius 2 is 2.00 bits per heavy atom. The second-order valence-corrected chi connectivity index (χ2v) is 7.81. The Labute approximate surface area is 162 Å². The Bertz CT molecular complexity index is 565. The molecule has 1 aromatic rings. The summed E-state index contributed by atoms with van der Waals surface area (Å²) in [5, 5.41) is 7.44. The van der Waals surface area contributed by atoms with E-state index in [1.165, 1.54) is 0 Å². The summed E-state index contributed by atoms with van der Waals surface area (Å²) in [5.74, 6) is 2.79. The first-order valence-corrected chi connectivity index (χ1v) is 8.50. The number of rotatable bonds is 5. The van der Waals surface area contributed by atoms with Crippen LogP contribution in [0.3, 0.4) is 0 Å². The predicted octanol–water partition coefficient (Wildman–Crippen LogP) is 3.44. The topological polar surface area (TPSA) is 66.5 Å². The molecule has 0 unspecified atom stereocenters. The van der Waals surface area contributed by atoms with Crippen LogP contribution in [-0.4, -0.2) is 46.7 Å². The Kier molecular flexibility index (Phi) is 7.07. The lowest BCUT2D eigenvalue weighted by Crippen LogP contribution is -2.72. The van der Waals surface area contributed by atoms with Crippen molar-refractivity contribution in [1.82, 2.24) is 20.4 Å². The van der Waals surface area contributed by atoms with Gasteiger partial charge in [0.15, 0.2) is 11.8 Å². The van der Waals surface area contributed by atoms with Gasteiger partial charge in [-0.15, -0.1) is 24.0 Å². The summed E-state index contributed by atoms with van der Waals surface area (Å²) in [6.07, 6.45) is 1.73. The van der Waals surface area contributed by atoms with Crippen LogP contribution in [0.2, 0.25) is 0 Å². The second-order valence-electron chi connectivity index (χ2n) is 7.81. The molecule has 2 rings (SSSR count). The van der Waals surface area contributed by atoms with E-state index in [1.54, 1.807) is 0 Å². The molecule has 138 valence electrons. The largest absolute Gasteiger partial charge is 0.356 e. The second kappa shape index (κ2) is 8.01. The minimum absolute atomic E-state index is 0. The summed E-state index contributed by atoms with van der Waals surface area (Å²) in [6, 6.07) is 0. The van der Waals surface area contributed by atoms with Gasteiger partial charge >= 0.3 is 0 Å². The molecule has 0 radical (unpaired) electrons. The van der Waals surface area contributed by atoms with Gasteiger partial charge in [-0.3, -0.25) is 4.99 Å². The molecule has 0 aromatic carbocycles. The number of hydrogen-bond donors (Lipinski definition) is 1. The van der Waals surface area contributed by atoms with Crippen molar-refractivity contribution < 1.29 is 4.52 Å². The van der Waals surface area contributed by atoms with Crippen LogP contribution in [0.4, 0.5) is 0 Å². The Balaban J connectivity index is 0.00000288. The minimum atomic E-state index is 0. The molecule has 1 aromatic heterocycles. The number of hydrogen-bond acceptors (Lipinski definition) is 4. The van der Waals surface area contributed by atoms with E-state index in [2.05, 4.69) is 66.9 Å². The summed E-state index contributed by atoms with van der Waals surface area (Å²) >= 11 is 0. The smallest absolute Gasteiger partial charge is 0.226 e. The van der Waals surface area contributed by atoms with Gasteiger partial charge in [0.05, 0.1) is 0 Å². The van der Waals surface area contributed by atoms with Crippen molar-refractivity contribution in [1.29, 1.82) is 0 Å². The van der Waals surface area contributed by atoms with Gasteiger partial charge in [-0.1, -0.05) is 32.9 Å². The van der Waals surface area contributed by atoms with Gasteiger partial charge in [0.2, 0.25) is 5.89 Å². The first kappa shape index (κ1) is 21.2. The number of halogens is 1. The van der Waals surface area contributed by atoms with Crippen molar-refractivity contribution >= 4 is 29.9 Å². The quantitative estimate of drug-likeness (QED) is 0.323. The molecule has 1 aliphatic rings. The first-order chi connectivity index (χ1) is 10.7. The summed E-state index contributed by atoms with van der Waals surface area (Å²) in [6.45, 7) is 15.2. The molecule has 0 amide bonds. The van der Waals surface area contributed by atoms with Gasteiger partial charge in [-0.05, 0) is 20.3 Å². The van der Waals surface area contributed by atoms with Crippen LogP contribution in [0.5, 0.6) is 0 Å². The van der Waals surface area contributed by atoms with E-state index in [0.29, 0.717) is 11.3 Å². The summed E-state index contributed by atoms with van der Waals surface area (Å²) in [7, 11) is 1.84. The lowest BCUT2D eigenvalue weighted by molar-refractivity contribution is -0.0667. The monoisotopic (exact) mass is 449 g/mol. The molecule has 0 atom stereocenters. The zero-order chi connectivity index (χ0) is 17.3. The number of aliphatic imine (C=N–C) groups is 1. The summed E-state index contributed by atoms with van der Waals surface area (Å²) < 4.78 is 5.27. The SMILES string of the molecule is CN=C(NCCCc1nc(C(C)C)no1)N1CC(C)(C)C1(C)C.I. The fourth-order valence-corrected chi connectivity index (χ4v) is 2.74. The van der Waals surface area contributed by atoms with Gasteiger partial charge in [-0.25, -0.2) is 0 Å². The van der Waals surface area contributed by atoms with Gasteiger partial charge in [0, 0.05) is 43.4 Å². The standard InChI is InChI=1S/C17H31N5O.HI/c1-12(2)14-20-13(23-21-14)9-8-10-19-15(18-7)22-11-16(3,4)17(22,5)6;/h12H,8-11H2,1-7H3,(H,18,19);1H. The highest BCUT2D eigenvalue weighted by Gasteiger charge is 2.53. The molecule has 7 heteroatoms. The van der Waals surface area contributed by atoms with Crippen LogP contribution in [0.1, 0.15) is 65.6 Å². The minimum Gasteiger partial charge on any atom is -0.356 e. The third-order valence-electron chi connectivity index (χ3n) is 5.20. The normalized spacial score (nSPS) is 19.0. The van der Waals surface area contributed by atoms with Crippen molar-refractivity contribution in [3.8, 4) is 0 Å². The van der Waals surface area contributed by atoms with Gasteiger partial charge < -0.3 is 14.7 Å². The average molecular weight is 449 g/mol. The zero-order valence-corrected chi connectivity index (χ0v) is 18.3. The highest BCUT2D eigenvalue weighted by atomic mass is 127. The van der Waals surface area contributed by atoms with Crippen LogP contribution in [0.15, 0.2) is 9.52 Å². The van der Waals surface area contributed by atoms with Crippen molar-refractivity contribution in [2.75, 3.05) is 20.1 Å². The van der Waals surface area contributed by atoms with Crippen molar-refractivity contribution in [3.05, 3.63) is 11.7 Å². The van der Waals surface area contributed by atoms with E-state index >= 15 is 0 Å². The molecule has 1 saturated heterocycles. The Morgan fingerprint density at radius 3 is 2.46 bits per heavy atom. The Morgan fingerprint density at radius 1 is 1.33 bits per heavy atom.